The van der Waals surface area contributed by atoms with E-state index in [1.165, 1.54) is 109 Å². The Morgan fingerprint density at radius 1 is 0.403 bits per heavy atom. The SMILES string of the molecule is CC(C)(C)c1ccc2c(c1)sc1cc(N(c3ccc4c(c3)-c3cc5ccccc5cc3C4(C)C)c3ccc4ccccc4c3-c3cccc4c3-c3ccccc3C4(C)C)ccc12. The summed E-state index contributed by atoms with van der Waals surface area (Å²) in [7, 11) is 0. The summed E-state index contributed by atoms with van der Waals surface area (Å²) >= 11 is 1.91. The van der Waals surface area contributed by atoms with Crippen molar-refractivity contribution in [3.8, 4) is 33.4 Å². The highest BCUT2D eigenvalue weighted by Crippen LogP contribution is 2.57. The van der Waals surface area contributed by atoms with Crippen molar-refractivity contribution in [2.75, 3.05) is 4.90 Å². The largest absolute Gasteiger partial charge is 0.310 e. The van der Waals surface area contributed by atoms with Crippen LogP contribution in [0.3, 0.4) is 0 Å². The van der Waals surface area contributed by atoms with Gasteiger partial charge in [-0.2, -0.15) is 0 Å². The molecule has 0 saturated carbocycles. The fourth-order valence-corrected chi connectivity index (χ4v) is 12.2. The van der Waals surface area contributed by atoms with Gasteiger partial charge >= 0.3 is 0 Å². The maximum absolute atomic E-state index is 2.56. The second-order valence-electron chi connectivity index (χ2n) is 19.8. The number of hydrogen-bond donors (Lipinski definition) is 0. The molecule has 0 aliphatic heterocycles. The maximum atomic E-state index is 2.56. The van der Waals surface area contributed by atoms with Gasteiger partial charge in [0.2, 0.25) is 0 Å². The predicted molar refractivity (Wildman–Crippen MR) is 268 cm³/mol. The zero-order valence-electron chi connectivity index (χ0n) is 36.5. The van der Waals surface area contributed by atoms with E-state index in [9.17, 15) is 0 Å². The van der Waals surface area contributed by atoms with Gasteiger partial charge in [0.05, 0.1) is 5.69 Å². The first-order valence-electron chi connectivity index (χ1n) is 22.1. The lowest BCUT2D eigenvalue weighted by Gasteiger charge is -2.30. The highest BCUT2D eigenvalue weighted by molar-refractivity contribution is 7.25. The Kier molecular flexibility index (Phi) is 7.83. The number of hydrogen-bond acceptors (Lipinski definition) is 2. The summed E-state index contributed by atoms with van der Waals surface area (Å²) in [6.07, 6.45) is 0. The fourth-order valence-electron chi connectivity index (χ4n) is 11.1. The zero-order valence-corrected chi connectivity index (χ0v) is 37.3. The van der Waals surface area contributed by atoms with Gasteiger partial charge in [0.1, 0.15) is 0 Å². The van der Waals surface area contributed by atoms with Gasteiger partial charge < -0.3 is 4.90 Å². The Hall–Kier alpha value is -6.48. The highest BCUT2D eigenvalue weighted by atomic mass is 32.1. The molecule has 0 amide bonds. The normalized spacial score (nSPS) is 14.6. The molecule has 2 heteroatoms. The van der Waals surface area contributed by atoms with Crippen molar-refractivity contribution in [1.29, 1.82) is 0 Å². The molecule has 10 aromatic rings. The topological polar surface area (TPSA) is 3.24 Å². The number of nitrogens with zero attached hydrogens (tertiary/aromatic N) is 1. The van der Waals surface area contributed by atoms with Gasteiger partial charge in [-0.25, -0.2) is 0 Å². The Balaban J connectivity index is 1.15. The second-order valence-corrected chi connectivity index (χ2v) is 20.8. The van der Waals surface area contributed by atoms with Crippen LogP contribution in [0.5, 0.6) is 0 Å². The van der Waals surface area contributed by atoms with Gasteiger partial charge in [0, 0.05) is 47.9 Å². The molecule has 0 fully saturated rings. The quantitative estimate of drug-likeness (QED) is 0.171. The Labute approximate surface area is 368 Å². The van der Waals surface area contributed by atoms with Crippen molar-refractivity contribution < 1.29 is 0 Å². The standard InChI is InChI=1S/C60H49NS/c1-58(2,3)39-24-27-43-44-28-25-41(35-55(44)62-54(43)33-39)61(40-26-29-50-48(34-40)47-31-37-16-8-9-17-38(37)32-52(47)60(50,6)7)53-30-23-36-15-10-11-18-42(36)57(53)46-20-14-22-51-56(46)45-19-12-13-21-49(45)59(51,4)5/h8-35H,1-7H3. The molecule has 300 valence electrons. The molecule has 0 radical (unpaired) electrons. The first-order chi connectivity index (χ1) is 29.9. The van der Waals surface area contributed by atoms with E-state index in [0.29, 0.717) is 0 Å². The number of fused-ring (bicyclic) bond motifs is 11. The van der Waals surface area contributed by atoms with E-state index in [0.717, 1.165) is 11.4 Å². The van der Waals surface area contributed by atoms with Crippen molar-refractivity contribution in [2.45, 2.75) is 64.7 Å². The van der Waals surface area contributed by atoms with Crippen LogP contribution in [-0.2, 0) is 16.2 Å². The van der Waals surface area contributed by atoms with Gasteiger partial charge in [-0.15, -0.1) is 11.3 Å². The summed E-state index contributed by atoms with van der Waals surface area (Å²) < 4.78 is 2.64. The van der Waals surface area contributed by atoms with E-state index in [4.69, 9.17) is 0 Å². The van der Waals surface area contributed by atoms with Gasteiger partial charge in [-0.05, 0) is 131 Å². The molecular formula is C60H49NS. The molecule has 2 aliphatic rings. The van der Waals surface area contributed by atoms with E-state index < -0.39 is 0 Å². The molecule has 1 nitrogen and oxygen atoms in total. The minimum atomic E-state index is -0.126. The summed E-state index contributed by atoms with van der Waals surface area (Å²) in [4.78, 5) is 2.56. The molecule has 12 rings (SSSR count). The van der Waals surface area contributed by atoms with Crippen LogP contribution >= 0.6 is 11.3 Å². The van der Waals surface area contributed by atoms with Crippen molar-refractivity contribution in [2.24, 2.45) is 0 Å². The Bertz CT molecular complexity index is 3520. The maximum Gasteiger partial charge on any atom is 0.0546 e. The minimum Gasteiger partial charge on any atom is -0.310 e. The lowest BCUT2D eigenvalue weighted by Crippen LogP contribution is -2.16. The number of anilines is 3. The van der Waals surface area contributed by atoms with Crippen LogP contribution in [0.4, 0.5) is 17.1 Å². The molecule has 1 heterocycles. The molecule has 9 aromatic carbocycles. The monoisotopic (exact) mass is 815 g/mol. The number of thiophene rings is 1. The van der Waals surface area contributed by atoms with Crippen LogP contribution in [0.1, 0.15) is 76.3 Å². The van der Waals surface area contributed by atoms with Crippen LogP contribution in [0.15, 0.2) is 170 Å². The minimum absolute atomic E-state index is 0.0825. The summed E-state index contributed by atoms with van der Waals surface area (Å²) in [6, 6.07) is 64.9. The van der Waals surface area contributed by atoms with Crippen LogP contribution in [0.25, 0.3) is 75.1 Å². The van der Waals surface area contributed by atoms with E-state index in [-0.39, 0.29) is 16.2 Å². The summed E-state index contributed by atoms with van der Waals surface area (Å²) in [5, 5.41) is 7.69. The Morgan fingerprint density at radius 3 is 1.81 bits per heavy atom. The van der Waals surface area contributed by atoms with Gasteiger partial charge in [0.15, 0.2) is 0 Å². The zero-order chi connectivity index (χ0) is 42.3. The van der Waals surface area contributed by atoms with Crippen molar-refractivity contribution in [3.63, 3.8) is 0 Å². The van der Waals surface area contributed by atoms with Crippen molar-refractivity contribution >= 4 is 70.1 Å². The molecule has 62 heavy (non-hydrogen) atoms. The van der Waals surface area contributed by atoms with E-state index in [2.05, 4.69) is 223 Å². The lowest BCUT2D eigenvalue weighted by atomic mass is 9.81. The molecule has 1 aromatic heterocycles. The fraction of sp³-hybridized carbons (Fsp3) is 0.167. The average molecular weight is 816 g/mol. The van der Waals surface area contributed by atoms with E-state index in [1.54, 1.807) is 0 Å². The Morgan fingerprint density at radius 2 is 1.00 bits per heavy atom. The van der Waals surface area contributed by atoms with Crippen LogP contribution in [-0.4, -0.2) is 0 Å². The molecule has 0 spiro atoms. The third kappa shape index (κ3) is 5.32. The highest BCUT2D eigenvalue weighted by Gasteiger charge is 2.39. The van der Waals surface area contributed by atoms with Crippen LogP contribution in [0.2, 0.25) is 0 Å². The third-order valence-electron chi connectivity index (χ3n) is 14.4. The molecule has 0 saturated heterocycles. The first-order valence-corrected chi connectivity index (χ1v) is 22.9. The van der Waals surface area contributed by atoms with Crippen molar-refractivity contribution in [1.82, 2.24) is 0 Å². The summed E-state index contributed by atoms with van der Waals surface area (Å²) in [6.45, 7) is 16.5. The van der Waals surface area contributed by atoms with Gasteiger partial charge in [-0.1, -0.05) is 170 Å². The van der Waals surface area contributed by atoms with Crippen molar-refractivity contribution in [3.05, 3.63) is 198 Å². The first kappa shape index (κ1) is 37.3. The van der Waals surface area contributed by atoms with Crippen LogP contribution in [0, 0.1) is 0 Å². The van der Waals surface area contributed by atoms with Gasteiger partial charge in [0.25, 0.3) is 0 Å². The molecular weight excluding hydrogens is 767 g/mol. The summed E-state index contributed by atoms with van der Waals surface area (Å²) in [5.74, 6) is 0. The molecule has 0 atom stereocenters. The van der Waals surface area contributed by atoms with Gasteiger partial charge in [-0.3, -0.25) is 0 Å². The molecule has 0 N–H and O–H groups in total. The summed E-state index contributed by atoms with van der Waals surface area (Å²) in [5.41, 5.74) is 18.1. The number of benzene rings is 9. The lowest BCUT2D eigenvalue weighted by molar-refractivity contribution is 0.591. The third-order valence-corrected chi connectivity index (χ3v) is 15.5. The average Bonchev–Trinajstić information content (AvgIpc) is 3.84. The molecule has 0 unspecified atom stereocenters. The number of rotatable bonds is 4. The molecule has 2 aliphatic carbocycles. The van der Waals surface area contributed by atoms with E-state index in [1.807, 2.05) is 11.3 Å². The van der Waals surface area contributed by atoms with Crippen LogP contribution < -0.4 is 4.90 Å². The molecule has 0 bridgehead atoms. The van der Waals surface area contributed by atoms with E-state index >= 15 is 0 Å². The predicted octanol–water partition coefficient (Wildman–Crippen LogP) is 17.4. The second kappa shape index (κ2) is 13.0. The smallest absolute Gasteiger partial charge is 0.0546 e.